The fraction of sp³-hybridized carbons (Fsp3) is 0.412. The van der Waals surface area contributed by atoms with E-state index in [1.54, 1.807) is 10.6 Å². The fourth-order valence-electron chi connectivity index (χ4n) is 2.65. The molecule has 1 unspecified atom stereocenters. The lowest BCUT2D eigenvalue weighted by atomic mass is 9.99. The zero-order chi connectivity index (χ0) is 15.6. The summed E-state index contributed by atoms with van der Waals surface area (Å²) in [5.74, 6) is 0.755. The maximum absolute atomic E-state index is 12.2. The molecule has 1 heterocycles. The second kappa shape index (κ2) is 6.22. The van der Waals surface area contributed by atoms with Gasteiger partial charge in [-0.1, -0.05) is 23.8 Å². The molecule has 1 aromatic heterocycles. The van der Waals surface area contributed by atoms with Crippen LogP contribution in [0.25, 0.3) is 0 Å². The lowest BCUT2D eigenvalue weighted by Gasteiger charge is -2.21. The van der Waals surface area contributed by atoms with Crippen LogP contribution in [0.2, 0.25) is 0 Å². The van der Waals surface area contributed by atoms with Crippen LogP contribution >= 0.6 is 0 Å². The van der Waals surface area contributed by atoms with E-state index in [2.05, 4.69) is 42.3 Å². The second-order valence-corrected chi connectivity index (χ2v) is 5.59. The molecule has 0 amide bonds. The largest absolute Gasteiger partial charge is 0.312 e. The van der Waals surface area contributed by atoms with E-state index < -0.39 is 0 Å². The predicted octanol–water partition coefficient (Wildman–Crippen LogP) is 2.44. The molecule has 1 aromatic carbocycles. The van der Waals surface area contributed by atoms with Gasteiger partial charge in [0.1, 0.15) is 5.82 Å². The molecule has 0 saturated carbocycles. The van der Waals surface area contributed by atoms with E-state index in [0.29, 0.717) is 6.54 Å². The van der Waals surface area contributed by atoms with Crippen LogP contribution in [0.1, 0.15) is 34.3 Å². The van der Waals surface area contributed by atoms with Crippen molar-refractivity contribution in [1.82, 2.24) is 14.9 Å². The van der Waals surface area contributed by atoms with Crippen LogP contribution in [0.4, 0.5) is 0 Å². The molecule has 0 spiro atoms. The van der Waals surface area contributed by atoms with E-state index in [1.165, 1.54) is 16.7 Å². The number of aryl methyl sites for hydroxylation is 4. The van der Waals surface area contributed by atoms with Gasteiger partial charge in [0.25, 0.3) is 5.56 Å². The molecule has 0 saturated heterocycles. The highest BCUT2D eigenvalue weighted by molar-refractivity contribution is 5.33. The molecule has 4 heteroatoms. The van der Waals surface area contributed by atoms with Crippen LogP contribution in [0, 0.1) is 27.7 Å². The number of rotatable bonds is 4. The zero-order valence-corrected chi connectivity index (χ0v) is 13.4. The number of nitrogens with zero attached hydrogens (tertiary/aromatic N) is 2. The molecule has 21 heavy (non-hydrogen) atoms. The maximum atomic E-state index is 12.2. The van der Waals surface area contributed by atoms with Crippen LogP contribution in [0.5, 0.6) is 0 Å². The van der Waals surface area contributed by atoms with E-state index in [1.807, 2.05) is 20.9 Å². The summed E-state index contributed by atoms with van der Waals surface area (Å²) in [5, 5.41) is 3.32. The van der Waals surface area contributed by atoms with Crippen LogP contribution < -0.4 is 10.9 Å². The second-order valence-electron chi connectivity index (χ2n) is 5.59. The summed E-state index contributed by atoms with van der Waals surface area (Å²) in [6.45, 7) is 8.49. The Bertz CT molecular complexity index is 704. The van der Waals surface area contributed by atoms with Crippen LogP contribution in [0.15, 0.2) is 29.1 Å². The van der Waals surface area contributed by atoms with Gasteiger partial charge in [-0.15, -0.1) is 0 Å². The van der Waals surface area contributed by atoms with Crippen molar-refractivity contribution < 1.29 is 0 Å². The van der Waals surface area contributed by atoms with Crippen molar-refractivity contribution in [3.8, 4) is 0 Å². The lowest BCUT2D eigenvalue weighted by Crippen LogP contribution is -2.31. The molecule has 0 aliphatic rings. The van der Waals surface area contributed by atoms with Gasteiger partial charge in [0.15, 0.2) is 0 Å². The predicted molar refractivity (Wildman–Crippen MR) is 85.7 cm³/mol. The summed E-state index contributed by atoms with van der Waals surface area (Å²) in [6.07, 6.45) is 0. The summed E-state index contributed by atoms with van der Waals surface area (Å²) >= 11 is 0. The quantitative estimate of drug-likeness (QED) is 0.938. The molecular formula is C17H23N3O. The monoisotopic (exact) mass is 285 g/mol. The molecule has 2 rings (SSSR count). The standard InChI is InChI=1S/C17H23N3O/c1-11-6-7-12(2)15(8-11)16(18-5)10-20-14(4)19-13(3)9-17(20)21/h6-9,16,18H,10H2,1-5H3. The van der Waals surface area contributed by atoms with Gasteiger partial charge in [-0.25, -0.2) is 4.98 Å². The van der Waals surface area contributed by atoms with Gasteiger partial charge in [0.2, 0.25) is 0 Å². The zero-order valence-electron chi connectivity index (χ0n) is 13.4. The summed E-state index contributed by atoms with van der Waals surface area (Å²) in [5.41, 5.74) is 4.45. The average Bonchev–Trinajstić information content (AvgIpc) is 2.41. The van der Waals surface area contributed by atoms with Gasteiger partial charge in [-0.3, -0.25) is 9.36 Å². The first-order valence-electron chi connectivity index (χ1n) is 7.22. The number of nitrogens with one attached hydrogen (secondary N) is 1. The number of aromatic nitrogens is 2. The summed E-state index contributed by atoms with van der Waals surface area (Å²) in [6, 6.07) is 8.08. The molecule has 0 aliphatic carbocycles. The Morgan fingerprint density at radius 3 is 2.52 bits per heavy atom. The summed E-state index contributed by atoms with van der Waals surface area (Å²) < 4.78 is 1.73. The van der Waals surface area contributed by atoms with Gasteiger partial charge < -0.3 is 5.32 Å². The molecule has 1 atom stereocenters. The minimum atomic E-state index is 0.00514. The Hall–Kier alpha value is -1.94. The number of likely N-dealkylation sites (N-methyl/N-ethyl adjacent to an activating group) is 1. The number of benzene rings is 1. The third-order valence-electron chi connectivity index (χ3n) is 3.85. The highest BCUT2D eigenvalue weighted by atomic mass is 16.1. The van der Waals surface area contributed by atoms with Crippen LogP contribution in [-0.2, 0) is 6.54 Å². The van der Waals surface area contributed by atoms with Crippen LogP contribution in [0.3, 0.4) is 0 Å². The van der Waals surface area contributed by atoms with Gasteiger partial charge in [-0.05, 0) is 45.9 Å². The van der Waals surface area contributed by atoms with Crippen molar-refractivity contribution >= 4 is 0 Å². The molecule has 0 bridgehead atoms. The highest BCUT2D eigenvalue weighted by Gasteiger charge is 2.15. The first-order chi connectivity index (χ1) is 9.92. The Kier molecular flexibility index (Phi) is 4.58. The van der Waals surface area contributed by atoms with E-state index in [4.69, 9.17) is 0 Å². The fourth-order valence-corrected chi connectivity index (χ4v) is 2.65. The van der Waals surface area contributed by atoms with Gasteiger partial charge in [0.05, 0.1) is 6.04 Å². The van der Waals surface area contributed by atoms with Crippen molar-refractivity contribution in [2.24, 2.45) is 0 Å². The normalized spacial score (nSPS) is 12.4. The van der Waals surface area contributed by atoms with Crippen LogP contribution in [-0.4, -0.2) is 16.6 Å². The topological polar surface area (TPSA) is 46.9 Å². The van der Waals surface area contributed by atoms with Crippen molar-refractivity contribution in [2.45, 2.75) is 40.3 Å². The molecule has 0 fully saturated rings. The Labute approximate surface area is 125 Å². The SMILES string of the molecule is CNC(Cn1c(C)nc(C)cc1=O)c1cc(C)ccc1C. The Morgan fingerprint density at radius 1 is 1.19 bits per heavy atom. The molecule has 0 aliphatic heterocycles. The molecule has 4 nitrogen and oxygen atoms in total. The maximum Gasteiger partial charge on any atom is 0.253 e. The van der Waals surface area contributed by atoms with E-state index >= 15 is 0 Å². The van der Waals surface area contributed by atoms with Crippen molar-refractivity contribution in [3.63, 3.8) is 0 Å². The molecule has 2 aromatic rings. The summed E-state index contributed by atoms with van der Waals surface area (Å²) in [4.78, 5) is 16.6. The smallest absolute Gasteiger partial charge is 0.253 e. The Balaban J connectivity index is 2.40. The van der Waals surface area contributed by atoms with Crippen molar-refractivity contribution in [3.05, 3.63) is 62.8 Å². The van der Waals surface area contributed by atoms with E-state index in [9.17, 15) is 4.79 Å². The first-order valence-corrected chi connectivity index (χ1v) is 7.22. The number of hydrogen-bond donors (Lipinski definition) is 1. The molecule has 1 N–H and O–H groups in total. The lowest BCUT2D eigenvalue weighted by molar-refractivity contribution is 0.475. The molecule has 0 radical (unpaired) electrons. The Morgan fingerprint density at radius 2 is 1.90 bits per heavy atom. The summed E-state index contributed by atoms with van der Waals surface area (Å²) in [7, 11) is 1.93. The highest BCUT2D eigenvalue weighted by Crippen LogP contribution is 2.20. The van der Waals surface area contributed by atoms with Gasteiger partial charge >= 0.3 is 0 Å². The van der Waals surface area contributed by atoms with E-state index in [0.717, 1.165) is 11.5 Å². The molecular weight excluding hydrogens is 262 g/mol. The van der Waals surface area contributed by atoms with E-state index in [-0.39, 0.29) is 11.6 Å². The van der Waals surface area contributed by atoms with Crippen molar-refractivity contribution in [2.75, 3.05) is 7.05 Å². The third kappa shape index (κ3) is 3.39. The average molecular weight is 285 g/mol. The van der Waals surface area contributed by atoms with Crippen molar-refractivity contribution in [1.29, 1.82) is 0 Å². The first kappa shape index (κ1) is 15.4. The van der Waals surface area contributed by atoms with Gasteiger partial charge in [0, 0.05) is 18.3 Å². The third-order valence-corrected chi connectivity index (χ3v) is 3.85. The minimum absolute atomic E-state index is 0.00514. The van der Waals surface area contributed by atoms with Gasteiger partial charge in [-0.2, -0.15) is 0 Å². The molecule has 112 valence electrons. The minimum Gasteiger partial charge on any atom is -0.312 e. The number of hydrogen-bond acceptors (Lipinski definition) is 3.